The molecule has 3 heteroatoms. The summed E-state index contributed by atoms with van der Waals surface area (Å²) in [6, 6.07) is 6.24. The molecule has 0 saturated carbocycles. The van der Waals surface area contributed by atoms with Crippen LogP contribution in [-0.4, -0.2) is 13.0 Å². The molecule has 0 aliphatic carbocycles. The Morgan fingerprint density at radius 2 is 2.12 bits per heavy atom. The standard InChI is InChI=1S/C14H21NO2/c1-10(2)11-7-8-13(17-3)12(9-11)5-4-6-14(15)16/h7-10H,4-6H2,1-3H3,(H2,15,16). The second-order valence-corrected chi connectivity index (χ2v) is 4.55. The van der Waals surface area contributed by atoms with Gasteiger partial charge in [-0.05, 0) is 36.0 Å². The van der Waals surface area contributed by atoms with Gasteiger partial charge >= 0.3 is 0 Å². The van der Waals surface area contributed by atoms with Crippen LogP contribution in [0, 0.1) is 0 Å². The third kappa shape index (κ3) is 4.10. The smallest absolute Gasteiger partial charge is 0.217 e. The normalized spacial score (nSPS) is 10.6. The number of methoxy groups -OCH3 is 1. The second-order valence-electron chi connectivity index (χ2n) is 4.55. The van der Waals surface area contributed by atoms with Crippen LogP contribution in [0.1, 0.15) is 43.7 Å². The van der Waals surface area contributed by atoms with E-state index < -0.39 is 0 Å². The number of benzene rings is 1. The van der Waals surface area contributed by atoms with Crippen molar-refractivity contribution in [2.45, 2.75) is 39.0 Å². The summed E-state index contributed by atoms with van der Waals surface area (Å²) < 4.78 is 5.32. The number of rotatable bonds is 6. The van der Waals surface area contributed by atoms with Gasteiger partial charge in [0.15, 0.2) is 0 Å². The number of primary amides is 1. The predicted octanol–water partition coefficient (Wildman–Crippen LogP) is 2.63. The van der Waals surface area contributed by atoms with E-state index in [0.717, 1.165) is 24.2 Å². The van der Waals surface area contributed by atoms with Crippen molar-refractivity contribution in [1.82, 2.24) is 0 Å². The Labute approximate surface area is 103 Å². The molecule has 0 radical (unpaired) electrons. The number of amides is 1. The molecule has 17 heavy (non-hydrogen) atoms. The molecule has 0 aliphatic heterocycles. The number of hydrogen-bond donors (Lipinski definition) is 1. The first-order chi connectivity index (χ1) is 8.04. The van der Waals surface area contributed by atoms with Gasteiger partial charge in [-0.15, -0.1) is 0 Å². The lowest BCUT2D eigenvalue weighted by atomic mass is 9.98. The monoisotopic (exact) mass is 235 g/mol. The zero-order valence-electron chi connectivity index (χ0n) is 10.8. The molecule has 0 atom stereocenters. The molecule has 0 bridgehead atoms. The molecule has 0 spiro atoms. The zero-order chi connectivity index (χ0) is 12.8. The molecule has 1 aromatic rings. The molecule has 0 unspecified atom stereocenters. The number of hydrogen-bond acceptors (Lipinski definition) is 2. The maximum atomic E-state index is 10.7. The summed E-state index contributed by atoms with van der Waals surface area (Å²) in [4.78, 5) is 10.7. The van der Waals surface area contributed by atoms with Gasteiger partial charge in [0, 0.05) is 6.42 Å². The van der Waals surface area contributed by atoms with Crippen molar-refractivity contribution in [3.05, 3.63) is 29.3 Å². The van der Waals surface area contributed by atoms with Gasteiger partial charge in [-0.1, -0.05) is 26.0 Å². The van der Waals surface area contributed by atoms with Crippen LogP contribution in [0.15, 0.2) is 18.2 Å². The largest absolute Gasteiger partial charge is 0.496 e. The molecule has 3 nitrogen and oxygen atoms in total. The fourth-order valence-corrected chi connectivity index (χ4v) is 1.81. The molecule has 2 N–H and O–H groups in total. The van der Waals surface area contributed by atoms with Crippen LogP contribution >= 0.6 is 0 Å². The molecule has 0 heterocycles. The summed E-state index contributed by atoms with van der Waals surface area (Å²) in [6.07, 6.45) is 2.02. The Hall–Kier alpha value is -1.51. The second kappa shape index (κ2) is 6.28. The van der Waals surface area contributed by atoms with E-state index in [-0.39, 0.29) is 5.91 Å². The molecule has 0 aromatic heterocycles. The minimum atomic E-state index is -0.246. The molecule has 1 amide bonds. The topological polar surface area (TPSA) is 52.3 Å². The van der Waals surface area contributed by atoms with Gasteiger partial charge in [-0.2, -0.15) is 0 Å². The molecule has 94 valence electrons. The lowest BCUT2D eigenvalue weighted by Gasteiger charge is -2.12. The first-order valence-corrected chi connectivity index (χ1v) is 5.99. The minimum absolute atomic E-state index is 0.246. The highest BCUT2D eigenvalue weighted by Crippen LogP contribution is 2.25. The van der Waals surface area contributed by atoms with Gasteiger partial charge in [0.05, 0.1) is 7.11 Å². The molecule has 0 aliphatic rings. The minimum Gasteiger partial charge on any atom is -0.496 e. The Kier molecular flexibility index (Phi) is 5.01. The van der Waals surface area contributed by atoms with Crippen molar-refractivity contribution in [2.75, 3.05) is 7.11 Å². The van der Waals surface area contributed by atoms with E-state index in [4.69, 9.17) is 10.5 Å². The van der Waals surface area contributed by atoms with Crippen LogP contribution in [0.3, 0.4) is 0 Å². The Morgan fingerprint density at radius 1 is 1.41 bits per heavy atom. The Morgan fingerprint density at radius 3 is 2.65 bits per heavy atom. The van der Waals surface area contributed by atoms with Crippen LogP contribution in [0.4, 0.5) is 0 Å². The van der Waals surface area contributed by atoms with Crippen LogP contribution < -0.4 is 10.5 Å². The van der Waals surface area contributed by atoms with E-state index in [9.17, 15) is 4.79 Å². The van der Waals surface area contributed by atoms with Crippen molar-refractivity contribution >= 4 is 5.91 Å². The Balaban J connectivity index is 2.79. The highest BCUT2D eigenvalue weighted by atomic mass is 16.5. The van der Waals surface area contributed by atoms with Crippen molar-refractivity contribution in [3.8, 4) is 5.75 Å². The predicted molar refractivity (Wildman–Crippen MR) is 69.2 cm³/mol. The summed E-state index contributed by atoms with van der Waals surface area (Å²) in [5.74, 6) is 1.14. The van der Waals surface area contributed by atoms with E-state index in [0.29, 0.717) is 12.3 Å². The quantitative estimate of drug-likeness (QED) is 0.824. The summed E-state index contributed by atoms with van der Waals surface area (Å²) in [6.45, 7) is 4.32. The summed E-state index contributed by atoms with van der Waals surface area (Å²) in [5.41, 5.74) is 7.58. The highest BCUT2D eigenvalue weighted by Gasteiger charge is 2.07. The molecule has 1 rings (SSSR count). The average molecular weight is 235 g/mol. The number of aryl methyl sites for hydroxylation is 1. The van der Waals surface area contributed by atoms with Crippen molar-refractivity contribution in [2.24, 2.45) is 5.73 Å². The van der Waals surface area contributed by atoms with Gasteiger partial charge in [0.25, 0.3) is 0 Å². The van der Waals surface area contributed by atoms with Gasteiger partial charge in [-0.3, -0.25) is 4.79 Å². The molecular formula is C14H21NO2. The van der Waals surface area contributed by atoms with Crippen molar-refractivity contribution in [3.63, 3.8) is 0 Å². The number of carbonyl (C=O) groups excluding carboxylic acids is 1. The van der Waals surface area contributed by atoms with E-state index >= 15 is 0 Å². The van der Waals surface area contributed by atoms with E-state index in [1.165, 1.54) is 5.56 Å². The summed E-state index contributed by atoms with van der Waals surface area (Å²) >= 11 is 0. The van der Waals surface area contributed by atoms with E-state index in [1.807, 2.05) is 6.07 Å². The van der Waals surface area contributed by atoms with E-state index in [2.05, 4.69) is 26.0 Å². The molecule has 0 saturated heterocycles. The fraction of sp³-hybridized carbons (Fsp3) is 0.500. The van der Waals surface area contributed by atoms with Crippen LogP contribution in [0.2, 0.25) is 0 Å². The number of carbonyl (C=O) groups is 1. The van der Waals surface area contributed by atoms with Gasteiger partial charge < -0.3 is 10.5 Å². The first-order valence-electron chi connectivity index (χ1n) is 5.99. The van der Waals surface area contributed by atoms with Crippen LogP contribution in [0.25, 0.3) is 0 Å². The van der Waals surface area contributed by atoms with Crippen LogP contribution in [-0.2, 0) is 11.2 Å². The zero-order valence-corrected chi connectivity index (χ0v) is 10.8. The lowest BCUT2D eigenvalue weighted by molar-refractivity contribution is -0.118. The van der Waals surface area contributed by atoms with Crippen LogP contribution in [0.5, 0.6) is 5.75 Å². The Bertz CT molecular complexity index is 386. The van der Waals surface area contributed by atoms with Crippen molar-refractivity contribution in [1.29, 1.82) is 0 Å². The van der Waals surface area contributed by atoms with Gasteiger partial charge in [-0.25, -0.2) is 0 Å². The third-order valence-electron chi connectivity index (χ3n) is 2.84. The summed E-state index contributed by atoms with van der Waals surface area (Å²) in [7, 11) is 1.67. The molecule has 1 aromatic carbocycles. The molecular weight excluding hydrogens is 214 g/mol. The number of ether oxygens (including phenoxy) is 1. The maximum Gasteiger partial charge on any atom is 0.217 e. The van der Waals surface area contributed by atoms with Crippen molar-refractivity contribution < 1.29 is 9.53 Å². The average Bonchev–Trinajstić information content (AvgIpc) is 2.28. The SMILES string of the molecule is COc1ccc(C(C)C)cc1CCCC(N)=O. The highest BCUT2D eigenvalue weighted by molar-refractivity contribution is 5.73. The third-order valence-corrected chi connectivity index (χ3v) is 2.84. The fourth-order valence-electron chi connectivity index (χ4n) is 1.81. The van der Waals surface area contributed by atoms with Gasteiger partial charge in [0.2, 0.25) is 5.91 Å². The maximum absolute atomic E-state index is 10.7. The van der Waals surface area contributed by atoms with Gasteiger partial charge in [0.1, 0.15) is 5.75 Å². The molecule has 0 fully saturated rings. The lowest BCUT2D eigenvalue weighted by Crippen LogP contribution is -2.10. The van der Waals surface area contributed by atoms with E-state index in [1.54, 1.807) is 7.11 Å². The summed E-state index contributed by atoms with van der Waals surface area (Å²) in [5, 5.41) is 0. The number of nitrogens with two attached hydrogens (primary N) is 1. The first kappa shape index (κ1) is 13.6.